The molecule has 5 heterocycles. The monoisotopic (exact) mass is 694 g/mol. The summed E-state index contributed by atoms with van der Waals surface area (Å²) < 4.78 is 10.4. The largest absolute Gasteiger partial charge is 0.466 e. The zero-order valence-corrected chi connectivity index (χ0v) is 28.7. The van der Waals surface area contributed by atoms with E-state index in [1.165, 1.54) is 51.3 Å². The Kier molecular flexibility index (Phi) is 10.6. The third-order valence-electron chi connectivity index (χ3n) is 10.2. The van der Waals surface area contributed by atoms with E-state index in [0.29, 0.717) is 36.2 Å². The van der Waals surface area contributed by atoms with Crippen LogP contribution in [0.5, 0.6) is 0 Å². The summed E-state index contributed by atoms with van der Waals surface area (Å²) in [5.41, 5.74) is 0.996. The Bertz CT molecular complexity index is 1610. The molecule has 254 valence electrons. The van der Waals surface area contributed by atoms with Crippen LogP contribution < -0.4 is 0 Å². The number of piperidine rings is 3. The van der Waals surface area contributed by atoms with Crippen molar-refractivity contribution in [3.63, 3.8) is 0 Å². The summed E-state index contributed by atoms with van der Waals surface area (Å²) in [5.74, 6) is -2.42. The van der Waals surface area contributed by atoms with Gasteiger partial charge >= 0.3 is 11.9 Å². The highest BCUT2D eigenvalue weighted by molar-refractivity contribution is 6.36. The average molecular weight is 696 g/mol. The first-order valence-electron chi connectivity index (χ1n) is 16.3. The van der Waals surface area contributed by atoms with Gasteiger partial charge in [0.25, 0.3) is 0 Å². The van der Waals surface area contributed by atoms with Gasteiger partial charge in [-0.3, -0.25) is 14.5 Å². The molecule has 0 N–H and O–H groups in total. The quantitative estimate of drug-likeness (QED) is 0.280. The van der Waals surface area contributed by atoms with Crippen LogP contribution in [-0.4, -0.2) is 116 Å². The van der Waals surface area contributed by atoms with Crippen molar-refractivity contribution >= 4 is 46.8 Å². The fraction of sp³-hybridized carbons (Fsp3) is 0.444. The number of benzene rings is 2. The van der Waals surface area contributed by atoms with Crippen LogP contribution in [0.25, 0.3) is 0 Å². The van der Waals surface area contributed by atoms with E-state index in [9.17, 15) is 19.2 Å². The van der Waals surface area contributed by atoms with Crippen molar-refractivity contribution in [3.8, 4) is 0 Å². The summed E-state index contributed by atoms with van der Waals surface area (Å²) >= 11 is 13.4. The van der Waals surface area contributed by atoms with Crippen LogP contribution in [0.15, 0.2) is 71.6 Å². The highest BCUT2D eigenvalue weighted by atomic mass is 35.5. The van der Waals surface area contributed by atoms with Crippen molar-refractivity contribution in [1.82, 2.24) is 19.6 Å². The summed E-state index contributed by atoms with van der Waals surface area (Å²) in [4.78, 5) is 63.2. The molecule has 0 saturated carbocycles. The van der Waals surface area contributed by atoms with Crippen LogP contribution in [0, 0.1) is 5.92 Å². The predicted octanol–water partition coefficient (Wildman–Crippen LogP) is 4.39. The van der Waals surface area contributed by atoms with Gasteiger partial charge in [0, 0.05) is 71.8 Å². The molecule has 5 aliphatic heterocycles. The number of Topliss-reactive ketones (excluding diaryl/α,β-unsaturated/α-hetero) is 1. The highest BCUT2D eigenvalue weighted by Gasteiger charge is 2.43. The van der Waals surface area contributed by atoms with Crippen molar-refractivity contribution < 1.29 is 28.7 Å². The second kappa shape index (κ2) is 14.8. The van der Waals surface area contributed by atoms with Crippen molar-refractivity contribution in [1.29, 1.82) is 0 Å². The number of halogens is 2. The van der Waals surface area contributed by atoms with Crippen molar-refractivity contribution in [2.75, 3.05) is 66.6 Å². The van der Waals surface area contributed by atoms with Gasteiger partial charge in [0.1, 0.15) is 0 Å². The lowest BCUT2D eigenvalue weighted by atomic mass is 9.80. The Morgan fingerprint density at radius 3 is 2.04 bits per heavy atom. The van der Waals surface area contributed by atoms with E-state index in [4.69, 9.17) is 32.7 Å². The van der Waals surface area contributed by atoms with Crippen LogP contribution >= 0.6 is 23.2 Å². The molecule has 0 aromatic heterocycles. The van der Waals surface area contributed by atoms with E-state index in [1.807, 2.05) is 4.90 Å². The molecule has 2 aromatic rings. The van der Waals surface area contributed by atoms with Crippen LogP contribution in [0.3, 0.4) is 0 Å². The van der Waals surface area contributed by atoms with Gasteiger partial charge < -0.3 is 24.2 Å². The Labute approximate surface area is 290 Å². The first-order chi connectivity index (χ1) is 23.2. The number of hydrogen-bond acceptors (Lipinski definition) is 9. The standard InChI is InChI=1S/C36H40Cl2N4O6/c1-47-35(45)25-20-42(22-30(43)24-7-4-3-5-8-24)28(34(36(46)48-2)32(25)33-26(37)9-6-10-27(33)38)19-31(44)41-17-15-40(16-18-41)29-21-39-13-11-23(29)12-14-39/h3-10,20,23,29,32H,11-19,21-22H2,1-2H3. The maximum atomic E-state index is 14.1. The number of amides is 1. The molecule has 2 bridgehead atoms. The Morgan fingerprint density at radius 1 is 0.812 bits per heavy atom. The van der Waals surface area contributed by atoms with Gasteiger partial charge in [0.2, 0.25) is 5.91 Å². The SMILES string of the molecule is COC(=O)C1=CN(CC(=O)c2ccccc2)C(CC(=O)N2CCN(C3CN4CCC3CC4)CC2)=C(C(=O)OC)C1c1c(Cl)cccc1Cl. The lowest BCUT2D eigenvalue weighted by Gasteiger charge is -2.51. The summed E-state index contributed by atoms with van der Waals surface area (Å²) in [7, 11) is 2.45. The van der Waals surface area contributed by atoms with Gasteiger partial charge in [-0.1, -0.05) is 59.6 Å². The molecule has 4 fully saturated rings. The number of piperazine rings is 1. The maximum Gasteiger partial charge on any atom is 0.336 e. The normalized spacial score (nSPS) is 24.3. The topological polar surface area (TPSA) is 99.7 Å². The minimum atomic E-state index is -1.12. The number of nitrogens with zero attached hydrogens (tertiary/aromatic N) is 4. The van der Waals surface area contributed by atoms with Gasteiger partial charge in [0.05, 0.1) is 44.2 Å². The first-order valence-corrected chi connectivity index (χ1v) is 17.1. The van der Waals surface area contributed by atoms with Crippen LogP contribution in [0.2, 0.25) is 10.0 Å². The molecule has 2 unspecified atom stereocenters. The van der Waals surface area contributed by atoms with Gasteiger partial charge in [-0.25, -0.2) is 9.59 Å². The molecule has 0 spiro atoms. The fourth-order valence-corrected chi connectivity index (χ4v) is 8.25. The van der Waals surface area contributed by atoms with Gasteiger partial charge in [-0.05, 0) is 44.0 Å². The Balaban J connectivity index is 1.36. The molecule has 10 nitrogen and oxygen atoms in total. The fourth-order valence-electron chi connectivity index (χ4n) is 7.63. The van der Waals surface area contributed by atoms with E-state index < -0.39 is 17.9 Å². The molecule has 0 aliphatic carbocycles. The van der Waals surface area contributed by atoms with Gasteiger partial charge in [0.15, 0.2) is 5.78 Å². The number of ketones is 1. The molecule has 2 aromatic carbocycles. The lowest BCUT2D eigenvalue weighted by Crippen LogP contribution is -2.61. The Hall–Kier alpha value is -3.70. The van der Waals surface area contributed by atoms with Crippen molar-refractivity contribution in [2.45, 2.75) is 31.2 Å². The number of methoxy groups -OCH3 is 2. The summed E-state index contributed by atoms with van der Waals surface area (Å²) in [5, 5.41) is 0.430. The van der Waals surface area contributed by atoms with E-state index >= 15 is 0 Å². The first kappa shape index (κ1) is 34.2. The molecule has 48 heavy (non-hydrogen) atoms. The second-order valence-electron chi connectivity index (χ2n) is 12.7. The number of hydrogen-bond donors (Lipinski definition) is 0. The number of rotatable bonds is 9. The van der Waals surface area contributed by atoms with Crippen LogP contribution in [-0.2, 0) is 23.9 Å². The van der Waals surface area contributed by atoms with Crippen LogP contribution in [0.4, 0.5) is 0 Å². The number of esters is 2. The lowest BCUT2D eigenvalue weighted by molar-refractivity contribution is -0.137. The zero-order valence-electron chi connectivity index (χ0n) is 27.2. The van der Waals surface area contributed by atoms with E-state index in [1.54, 1.807) is 48.5 Å². The summed E-state index contributed by atoms with van der Waals surface area (Å²) in [6.07, 6.45) is 3.71. The van der Waals surface area contributed by atoms with Crippen molar-refractivity contribution in [2.24, 2.45) is 5.92 Å². The molecule has 7 rings (SSSR count). The molecule has 2 atom stereocenters. The Morgan fingerprint density at radius 2 is 1.46 bits per heavy atom. The molecule has 12 heteroatoms. The van der Waals surface area contributed by atoms with E-state index in [2.05, 4.69) is 9.80 Å². The molecule has 0 radical (unpaired) electrons. The van der Waals surface area contributed by atoms with Gasteiger partial charge in [-0.15, -0.1) is 0 Å². The van der Waals surface area contributed by atoms with E-state index in [-0.39, 0.29) is 51.5 Å². The minimum absolute atomic E-state index is 0.00414. The molecule has 4 saturated heterocycles. The van der Waals surface area contributed by atoms with E-state index in [0.717, 1.165) is 19.6 Å². The molecule has 5 aliphatic rings. The average Bonchev–Trinajstić information content (AvgIpc) is 3.12. The van der Waals surface area contributed by atoms with Crippen LogP contribution in [0.1, 0.15) is 41.1 Å². The number of ether oxygens (including phenoxy) is 2. The minimum Gasteiger partial charge on any atom is -0.466 e. The van der Waals surface area contributed by atoms with Gasteiger partial charge in [-0.2, -0.15) is 0 Å². The number of carbonyl (C=O) groups is 4. The number of fused-ring (bicyclic) bond motifs is 3. The summed E-state index contributed by atoms with van der Waals surface area (Å²) in [6.45, 7) is 5.82. The zero-order chi connectivity index (χ0) is 33.9. The third kappa shape index (κ3) is 6.89. The second-order valence-corrected chi connectivity index (χ2v) is 13.5. The molecular formula is C36H40Cl2N4O6. The number of carbonyl (C=O) groups excluding carboxylic acids is 4. The van der Waals surface area contributed by atoms with Crippen molar-refractivity contribution in [3.05, 3.63) is 92.7 Å². The smallest absolute Gasteiger partial charge is 0.336 e. The maximum absolute atomic E-state index is 14.1. The molecule has 1 amide bonds. The predicted molar refractivity (Wildman–Crippen MR) is 182 cm³/mol. The molecular weight excluding hydrogens is 655 g/mol. The third-order valence-corrected chi connectivity index (χ3v) is 10.8. The summed E-state index contributed by atoms with van der Waals surface area (Å²) in [6, 6.07) is 14.1. The highest BCUT2D eigenvalue weighted by Crippen LogP contribution is 2.46.